The molecule has 0 amide bonds. The van der Waals surface area contributed by atoms with E-state index in [-0.39, 0.29) is 11.6 Å². The van der Waals surface area contributed by atoms with Crippen LogP contribution in [0.1, 0.15) is 38.3 Å². The molecule has 45 heavy (non-hydrogen) atoms. The molecule has 2 fully saturated rings. The predicted molar refractivity (Wildman–Crippen MR) is 144 cm³/mol. The van der Waals surface area contributed by atoms with Crippen LogP contribution in [0.3, 0.4) is 0 Å². The third-order valence-electron chi connectivity index (χ3n) is 7.31. The summed E-state index contributed by atoms with van der Waals surface area (Å²) in [6.07, 6.45) is -17.9. The van der Waals surface area contributed by atoms with Gasteiger partial charge in [-0.15, -0.1) is 0 Å². The lowest BCUT2D eigenvalue weighted by molar-refractivity contribution is -0.296. The number of rotatable bonds is 6. The van der Waals surface area contributed by atoms with Gasteiger partial charge in [0.1, 0.15) is 55.3 Å². The molecule has 0 radical (unpaired) electrons. The summed E-state index contributed by atoms with van der Waals surface area (Å²) < 4.78 is 19.3. The fraction of sp³-hybridized carbons (Fsp3) is 0.448. The minimum Gasteiger partial charge on any atom is -0.432 e. The first-order chi connectivity index (χ1) is 21.4. The molecular weight excluding hydrogens is 604 g/mol. The highest BCUT2D eigenvalue weighted by Gasteiger charge is 2.47. The van der Waals surface area contributed by atoms with Gasteiger partial charge in [0, 0.05) is 22.3 Å². The van der Waals surface area contributed by atoms with Crippen molar-refractivity contribution in [2.45, 2.75) is 67.8 Å². The molecule has 5 rings (SSSR count). The number of aliphatic hydroxyl groups excluding tert-OH is 8. The van der Waals surface area contributed by atoms with E-state index in [2.05, 4.69) is 0 Å². The number of benzene rings is 2. The van der Waals surface area contributed by atoms with E-state index < -0.39 is 93.0 Å². The molecule has 2 saturated heterocycles. The van der Waals surface area contributed by atoms with Crippen LogP contribution >= 0.6 is 0 Å². The molecule has 0 spiro atoms. The molecule has 10 atom stereocenters. The van der Waals surface area contributed by atoms with Crippen LogP contribution in [-0.2, 0) is 28.5 Å². The third kappa shape index (κ3) is 7.26. The second-order valence-electron chi connectivity index (χ2n) is 10.3. The van der Waals surface area contributed by atoms with Gasteiger partial charge in [-0.25, -0.2) is 0 Å². The van der Waals surface area contributed by atoms with Crippen LogP contribution in [0.5, 0.6) is 0 Å². The lowest BCUT2D eigenvalue weighted by atomic mass is 9.84. The first-order valence-corrected chi connectivity index (χ1v) is 13.7. The van der Waals surface area contributed by atoms with Crippen molar-refractivity contribution in [3.05, 3.63) is 70.8 Å². The van der Waals surface area contributed by atoms with E-state index in [9.17, 15) is 49.8 Å². The van der Waals surface area contributed by atoms with Gasteiger partial charge in [0.05, 0.1) is 13.2 Å². The molecule has 0 bridgehead atoms. The Kier molecular flexibility index (Phi) is 11.1. The van der Waals surface area contributed by atoms with Crippen LogP contribution in [0.4, 0.5) is 0 Å². The van der Waals surface area contributed by atoms with Gasteiger partial charge in [0.25, 0.3) is 0 Å². The molecule has 16 nitrogen and oxygen atoms in total. The zero-order valence-corrected chi connectivity index (χ0v) is 23.4. The summed E-state index contributed by atoms with van der Waals surface area (Å²) in [7, 11) is 0. The van der Waals surface area contributed by atoms with Gasteiger partial charge in [-0.05, 0) is 0 Å². The summed E-state index contributed by atoms with van der Waals surface area (Å²) in [5.41, 5.74) is 2.02. The molecular formula is C29H32O16. The Labute approximate surface area is 254 Å². The quantitative estimate of drug-likeness (QED) is 0.0964. The molecule has 2 unspecified atom stereocenters. The molecule has 2 aromatic rings. The minimum atomic E-state index is -1.86. The zero-order valence-electron chi connectivity index (χ0n) is 23.4. The molecule has 8 N–H and O–H groups in total. The second-order valence-corrected chi connectivity index (χ2v) is 10.3. The average molecular weight is 637 g/mol. The van der Waals surface area contributed by atoms with E-state index in [4.69, 9.17) is 29.2 Å². The van der Waals surface area contributed by atoms with Crippen LogP contribution in [-0.4, -0.2) is 139 Å². The van der Waals surface area contributed by atoms with Gasteiger partial charge in [-0.2, -0.15) is 0 Å². The molecule has 2 heterocycles. The average Bonchev–Trinajstić information content (AvgIpc) is 3.04. The highest BCUT2D eigenvalue weighted by molar-refractivity contribution is 6.28. The first kappa shape index (κ1) is 34.2. The summed E-state index contributed by atoms with van der Waals surface area (Å²) >= 11 is 0. The maximum absolute atomic E-state index is 12.1. The predicted octanol–water partition coefficient (Wildman–Crippen LogP) is -3.48. The topological polar surface area (TPSA) is 267 Å². The van der Waals surface area contributed by atoms with Gasteiger partial charge in [-0.1, -0.05) is 48.5 Å². The van der Waals surface area contributed by atoms with Gasteiger partial charge < -0.3 is 59.8 Å². The Balaban J connectivity index is 0.000000240. The van der Waals surface area contributed by atoms with Gasteiger partial charge in [0.15, 0.2) is 11.6 Å². The van der Waals surface area contributed by atoms with Crippen molar-refractivity contribution < 1.29 is 79.0 Å². The standard InChI is InChI=1S/C15H24O14.C14H8O2/c16-2-4-8(20)10(22)12(24)14(26-4)28-6(18)1-7(19)29-15-13(25)11(23)9(21)5(3-17)27-15;15-13-9-5-1-2-6-10(9)14(16)12-8-4-3-7-11(12)13/h4-5,8-17,20-25H,1-3H2;1-8H/t4-,5-,8-,9-,10+,11+,12-,13-,14?,15?;/m1./s1. The molecule has 0 saturated carbocycles. The van der Waals surface area contributed by atoms with Crippen molar-refractivity contribution in [3.63, 3.8) is 0 Å². The van der Waals surface area contributed by atoms with E-state index in [1.54, 1.807) is 48.5 Å². The lowest BCUT2D eigenvalue weighted by Crippen LogP contribution is -2.60. The van der Waals surface area contributed by atoms with Crippen LogP contribution in [0.25, 0.3) is 0 Å². The van der Waals surface area contributed by atoms with Crippen molar-refractivity contribution >= 4 is 23.5 Å². The van der Waals surface area contributed by atoms with Gasteiger partial charge in [-0.3, -0.25) is 19.2 Å². The summed E-state index contributed by atoms with van der Waals surface area (Å²) in [5, 5.41) is 76.2. The lowest BCUT2D eigenvalue weighted by Gasteiger charge is -2.39. The molecule has 3 aliphatic rings. The Hall–Kier alpha value is -3.68. The summed E-state index contributed by atoms with van der Waals surface area (Å²) in [6.45, 7) is -1.50. The Morgan fingerprint density at radius 2 is 0.867 bits per heavy atom. The van der Waals surface area contributed by atoms with Crippen molar-refractivity contribution in [2.75, 3.05) is 13.2 Å². The highest BCUT2D eigenvalue weighted by Crippen LogP contribution is 2.27. The van der Waals surface area contributed by atoms with Crippen molar-refractivity contribution in [2.24, 2.45) is 0 Å². The minimum absolute atomic E-state index is 0.0641. The molecule has 244 valence electrons. The summed E-state index contributed by atoms with van der Waals surface area (Å²) in [5.74, 6) is -2.70. The van der Waals surface area contributed by atoms with E-state index in [1.165, 1.54) is 0 Å². The number of esters is 2. The largest absolute Gasteiger partial charge is 0.432 e. The van der Waals surface area contributed by atoms with Crippen molar-refractivity contribution in [1.29, 1.82) is 0 Å². The first-order valence-electron chi connectivity index (χ1n) is 13.7. The van der Waals surface area contributed by atoms with Crippen LogP contribution < -0.4 is 0 Å². The smallest absolute Gasteiger partial charge is 0.319 e. The summed E-state index contributed by atoms with van der Waals surface area (Å²) in [4.78, 5) is 47.9. The molecule has 0 aromatic heterocycles. The molecule has 2 aliphatic heterocycles. The number of carbonyl (C=O) groups excluding carboxylic acids is 4. The van der Waals surface area contributed by atoms with Crippen molar-refractivity contribution in [1.82, 2.24) is 0 Å². The molecule has 2 aromatic carbocycles. The maximum Gasteiger partial charge on any atom is 0.319 e. The van der Waals surface area contributed by atoms with E-state index in [0.717, 1.165) is 0 Å². The van der Waals surface area contributed by atoms with Crippen molar-refractivity contribution in [3.8, 4) is 0 Å². The van der Waals surface area contributed by atoms with Gasteiger partial charge in [0.2, 0.25) is 12.6 Å². The van der Waals surface area contributed by atoms with Crippen LogP contribution in [0.2, 0.25) is 0 Å². The third-order valence-corrected chi connectivity index (χ3v) is 7.31. The number of fused-ring (bicyclic) bond motifs is 2. The van der Waals surface area contributed by atoms with E-state index in [0.29, 0.717) is 22.3 Å². The van der Waals surface area contributed by atoms with Crippen LogP contribution in [0.15, 0.2) is 48.5 Å². The van der Waals surface area contributed by atoms with E-state index in [1.807, 2.05) is 0 Å². The van der Waals surface area contributed by atoms with E-state index >= 15 is 0 Å². The fourth-order valence-corrected chi connectivity index (χ4v) is 4.84. The molecule has 16 heteroatoms. The number of aliphatic hydroxyl groups is 8. The zero-order chi connectivity index (χ0) is 33.0. The number of hydrogen-bond donors (Lipinski definition) is 8. The monoisotopic (exact) mass is 636 g/mol. The number of ether oxygens (including phenoxy) is 4. The maximum atomic E-state index is 12.1. The Morgan fingerprint density at radius 3 is 1.16 bits per heavy atom. The normalized spacial score (nSPS) is 32.4. The van der Waals surface area contributed by atoms with Gasteiger partial charge >= 0.3 is 11.9 Å². The van der Waals surface area contributed by atoms with Crippen LogP contribution in [0, 0.1) is 0 Å². The molecule has 1 aliphatic carbocycles. The number of hydrogen-bond acceptors (Lipinski definition) is 16. The fourth-order valence-electron chi connectivity index (χ4n) is 4.84. The summed E-state index contributed by atoms with van der Waals surface area (Å²) in [6, 6.07) is 13.9. The highest BCUT2D eigenvalue weighted by atomic mass is 16.7. The number of carbonyl (C=O) groups is 4. The Bertz CT molecular complexity index is 1240. The Morgan fingerprint density at radius 1 is 0.556 bits per heavy atom. The SMILES string of the molecule is O=C(CC(=O)OC1O[C@H](CO)[C@@H](O)[C@H](O)[C@H]1O)OC1O[C@H](CO)[C@@H](O)[C@H](O)[C@H]1O.O=C1c2ccccc2C(=O)c2ccccc21. The number of ketones is 2. The second kappa shape index (κ2) is 14.6.